The summed E-state index contributed by atoms with van der Waals surface area (Å²) in [7, 11) is -3.43. The van der Waals surface area contributed by atoms with Crippen LogP contribution in [0.1, 0.15) is 18.4 Å². The molecule has 0 spiro atoms. The van der Waals surface area contributed by atoms with Crippen LogP contribution in [-0.2, 0) is 14.8 Å². The standard InChI is InChI=1S/C25H32N4O3S/c30-25(26-23-10-12-24(13-11-23)33(31,32)29-15-4-5-16-29)21-28-19-17-27(18-20-28)14-6-9-22-7-2-1-3-8-22/h1-3,6-13H,4-5,14-21H2,(H,26,30)/b9-6+. The monoisotopic (exact) mass is 468 g/mol. The summed E-state index contributed by atoms with van der Waals surface area (Å²) in [5.41, 5.74) is 1.82. The van der Waals surface area contributed by atoms with Crippen molar-refractivity contribution in [1.29, 1.82) is 0 Å². The molecule has 2 aromatic carbocycles. The van der Waals surface area contributed by atoms with Gasteiger partial charge in [0.2, 0.25) is 15.9 Å². The molecule has 2 saturated heterocycles. The first kappa shape index (κ1) is 23.6. The van der Waals surface area contributed by atoms with Gasteiger partial charge in [-0.1, -0.05) is 42.5 Å². The van der Waals surface area contributed by atoms with Crippen molar-refractivity contribution in [3.63, 3.8) is 0 Å². The lowest BCUT2D eigenvalue weighted by Gasteiger charge is -2.33. The van der Waals surface area contributed by atoms with Crippen LogP contribution in [0.3, 0.4) is 0 Å². The Morgan fingerprint density at radius 1 is 0.848 bits per heavy atom. The van der Waals surface area contributed by atoms with Crippen molar-refractivity contribution < 1.29 is 13.2 Å². The SMILES string of the molecule is O=C(CN1CCN(C/C=C/c2ccccc2)CC1)Nc1ccc(S(=O)(=O)N2CCCC2)cc1. The number of nitrogens with zero attached hydrogens (tertiary/aromatic N) is 3. The summed E-state index contributed by atoms with van der Waals surface area (Å²) >= 11 is 0. The van der Waals surface area contributed by atoms with Crippen molar-refractivity contribution >= 4 is 27.7 Å². The summed E-state index contributed by atoms with van der Waals surface area (Å²) in [6.45, 7) is 5.95. The van der Waals surface area contributed by atoms with Gasteiger partial charge in [0.1, 0.15) is 0 Å². The number of hydrogen-bond donors (Lipinski definition) is 1. The smallest absolute Gasteiger partial charge is 0.243 e. The second kappa shape index (κ2) is 11.1. The molecule has 0 bridgehead atoms. The van der Waals surface area contributed by atoms with E-state index in [2.05, 4.69) is 39.4 Å². The van der Waals surface area contributed by atoms with Crippen LogP contribution in [0.5, 0.6) is 0 Å². The highest BCUT2D eigenvalue weighted by Crippen LogP contribution is 2.22. The number of sulfonamides is 1. The van der Waals surface area contributed by atoms with Crippen molar-refractivity contribution in [1.82, 2.24) is 14.1 Å². The fraction of sp³-hybridized carbons (Fsp3) is 0.400. The maximum Gasteiger partial charge on any atom is 0.243 e. The summed E-state index contributed by atoms with van der Waals surface area (Å²) in [5.74, 6) is -0.0810. The quantitative estimate of drug-likeness (QED) is 0.645. The first-order valence-corrected chi connectivity index (χ1v) is 13.0. The number of benzene rings is 2. The van der Waals surface area contributed by atoms with E-state index >= 15 is 0 Å². The summed E-state index contributed by atoms with van der Waals surface area (Å²) in [5, 5.41) is 2.89. The number of nitrogens with one attached hydrogen (secondary N) is 1. The van der Waals surface area contributed by atoms with Crippen molar-refractivity contribution in [2.45, 2.75) is 17.7 Å². The molecule has 2 aromatic rings. The highest BCUT2D eigenvalue weighted by Gasteiger charge is 2.27. The number of amides is 1. The van der Waals surface area contributed by atoms with Crippen LogP contribution in [0.15, 0.2) is 65.6 Å². The number of carbonyl (C=O) groups is 1. The molecule has 2 heterocycles. The summed E-state index contributed by atoms with van der Waals surface area (Å²) < 4.78 is 26.8. The van der Waals surface area contributed by atoms with Crippen molar-refractivity contribution in [3.05, 3.63) is 66.2 Å². The van der Waals surface area contributed by atoms with Crippen LogP contribution in [0.2, 0.25) is 0 Å². The van der Waals surface area contributed by atoms with Crippen molar-refractivity contribution in [2.75, 3.05) is 57.7 Å². The molecule has 0 atom stereocenters. The Morgan fingerprint density at radius 2 is 1.48 bits per heavy atom. The van der Waals surface area contributed by atoms with Gasteiger partial charge in [0.25, 0.3) is 0 Å². The molecule has 33 heavy (non-hydrogen) atoms. The normalized spacial score (nSPS) is 18.7. The van der Waals surface area contributed by atoms with Gasteiger partial charge in [0.05, 0.1) is 11.4 Å². The Bertz CT molecular complexity index is 1040. The molecule has 8 heteroatoms. The summed E-state index contributed by atoms with van der Waals surface area (Å²) in [4.78, 5) is 17.3. The number of piperazine rings is 1. The lowest BCUT2D eigenvalue weighted by atomic mass is 10.2. The molecular formula is C25H32N4O3S. The van der Waals surface area contributed by atoms with E-state index in [1.165, 1.54) is 9.87 Å². The highest BCUT2D eigenvalue weighted by atomic mass is 32.2. The van der Waals surface area contributed by atoms with Gasteiger partial charge in [-0.05, 0) is 42.7 Å². The molecular weight excluding hydrogens is 436 g/mol. The zero-order valence-electron chi connectivity index (χ0n) is 18.9. The molecule has 2 aliphatic rings. The maximum absolute atomic E-state index is 12.6. The number of rotatable bonds is 8. The zero-order valence-corrected chi connectivity index (χ0v) is 19.7. The molecule has 1 amide bonds. The fourth-order valence-corrected chi connectivity index (χ4v) is 5.74. The van der Waals surface area contributed by atoms with Crippen LogP contribution in [0.4, 0.5) is 5.69 Å². The minimum Gasteiger partial charge on any atom is -0.325 e. The van der Waals surface area contributed by atoms with E-state index in [-0.39, 0.29) is 10.8 Å². The third-order valence-corrected chi connectivity index (χ3v) is 8.06. The molecule has 7 nitrogen and oxygen atoms in total. The Morgan fingerprint density at radius 3 is 2.15 bits per heavy atom. The van der Waals surface area contributed by atoms with Crippen molar-refractivity contribution in [2.24, 2.45) is 0 Å². The topological polar surface area (TPSA) is 73.0 Å². The Hall–Kier alpha value is -2.52. The third-order valence-electron chi connectivity index (χ3n) is 6.15. The molecule has 0 radical (unpaired) electrons. The predicted octanol–water partition coefficient (Wildman–Crippen LogP) is 2.74. The van der Waals surface area contributed by atoms with Gasteiger partial charge in [0.15, 0.2) is 0 Å². The van der Waals surface area contributed by atoms with Gasteiger partial charge in [-0.25, -0.2) is 8.42 Å². The first-order valence-electron chi connectivity index (χ1n) is 11.6. The first-order chi connectivity index (χ1) is 16.0. The zero-order chi connectivity index (χ0) is 23.1. The molecule has 0 aliphatic carbocycles. The average Bonchev–Trinajstić information content (AvgIpc) is 3.37. The van der Waals surface area contributed by atoms with E-state index in [1.807, 2.05) is 18.2 Å². The van der Waals surface area contributed by atoms with E-state index in [0.717, 1.165) is 45.6 Å². The molecule has 2 fully saturated rings. The van der Waals surface area contributed by atoms with Crippen LogP contribution in [0.25, 0.3) is 6.08 Å². The number of hydrogen-bond acceptors (Lipinski definition) is 5. The molecule has 2 aliphatic heterocycles. The summed E-state index contributed by atoms with van der Waals surface area (Å²) in [6, 6.07) is 16.7. The maximum atomic E-state index is 12.6. The Balaban J connectivity index is 1.20. The van der Waals surface area contributed by atoms with Crippen LogP contribution < -0.4 is 5.32 Å². The molecule has 176 valence electrons. The minimum absolute atomic E-state index is 0.0810. The van der Waals surface area contributed by atoms with Crippen LogP contribution in [0, 0.1) is 0 Å². The summed E-state index contributed by atoms with van der Waals surface area (Å²) in [6.07, 6.45) is 6.14. The number of carbonyl (C=O) groups excluding carboxylic acids is 1. The van der Waals surface area contributed by atoms with E-state index in [9.17, 15) is 13.2 Å². The van der Waals surface area contributed by atoms with Gasteiger partial charge >= 0.3 is 0 Å². The van der Waals surface area contributed by atoms with Gasteiger partial charge in [-0.15, -0.1) is 0 Å². The lowest BCUT2D eigenvalue weighted by molar-refractivity contribution is -0.117. The predicted molar refractivity (Wildman–Crippen MR) is 131 cm³/mol. The third kappa shape index (κ3) is 6.51. The van der Waals surface area contributed by atoms with Gasteiger partial charge < -0.3 is 5.32 Å². The largest absolute Gasteiger partial charge is 0.325 e. The second-order valence-electron chi connectivity index (χ2n) is 8.57. The van der Waals surface area contributed by atoms with E-state index < -0.39 is 10.0 Å². The van der Waals surface area contributed by atoms with E-state index in [4.69, 9.17) is 0 Å². The molecule has 1 N–H and O–H groups in total. The minimum atomic E-state index is -3.43. The van der Waals surface area contributed by atoms with Crippen LogP contribution in [-0.4, -0.2) is 80.8 Å². The van der Waals surface area contributed by atoms with E-state index in [0.29, 0.717) is 25.3 Å². The molecule has 4 rings (SSSR count). The Kier molecular flexibility index (Phi) is 7.93. The van der Waals surface area contributed by atoms with Gasteiger partial charge in [-0.2, -0.15) is 4.31 Å². The highest BCUT2D eigenvalue weighted by molar-refractivity contribution is 7.89. The van der Waals surface area contributed by atoms with Crippen molar-refractivity contribution in [3.8, 4) is 0 Å². The second-order valence-corrected chi connectivity index (χ2v) is 10.5. The fourth-order valence-electron chi connectivity index (χ4n) is 4.22. The molecule has 0 aromatic heterocycles. The number of anilines is 1. The average molecular weight is 469 g/mol. The van der Waals surface area contributed by atoms with Gasteiger partial charge in [0, 0.05) is 51.5 Å². The van der Waals surface area contributed by atoms with E-state index in [1.54, 1.807) is 24.3 Å². The van der Waals surface area contributed by atoms with Gasteiger partial charge in [-0.3, -0.25) is 14.6 Å². The lowest BCUT2D eigenvalue weighted by Crippen LogP contribution is -2.48. The molecule has 0 saturated carbocycles. The molecule has 0 unspecified atom stereocenters. The van der Waals surface area contributed by atoms with Crippen LogP contribution >= 0.6 is 0 Å². The Labute approximate surface area is 196 Å².